The molecule has 0 bridgehead atoms. The van der Waals surface area contributed by atoms with E-state index in [0.29, 0.717) is 11.8 Å². The molecule has 0 amide bonds. The lowest BCUT2D eigenvalue weighted by atomic mass is 9.64. The van der Waals surface area contributed by atoms with Gasteiger partial charge in [-0.15, -0.1) is 0 Å². The Bertz CT molecular complexity index is 199. The summed E-state index contributed by atoms with van der Waals surface area (Å²) in [6, 6.07) is 0. The van der Waals surface area contributed by atoms with Crippen molar-refractivity contribution in [2.75, 3.05) is 0 Å². The molecule has 2 N–H and O–H groups in total. The highest BCUT2D eigenvalue weighted by Crippen LogP contribution is 2.43. The van der Waals surface area contributed by atoms with Crippen molar-refractivity contribution in [1.82, 2.24) is 0 Å². The summed E-state index contributed by atoms with van der Waals surface area (Å²) in [7, 11) is 0. The maximum Gasteiger partial charge on any atom is 0.0512 e. The van der Waals surface area contributed by atoms with Crippen LogP contribution in [0, 0.1) is 17.3 Å². The van der Waals surface area contributed by atoms with Gasteiger partial charge in [-0.3, -0.25) is 0 Å². The second-order valence-electron chi connectivity index (χ2n) is 6.88. The minimum absolute atomic E-state index is 0.192. The first kappa shape index (κ1) is 18.9. The van der Waals surface area contributed by atoms with Crippen LogP contribution >= 0.6 is 0 Å². The smallest absolute Gasteiger partial charge is 0.0512 e. The summed E-state index contributed by atoms with van der Waals surface area (Å²) in [6.45, 7) is 13.0. The van der Waals surface area contributed by atoms with Crippen molar-refractivity contribution < 1.29 is 10.2 Å². The Balaban J connectivity index is 4.63. The largest absolute Gasteiger partial charge is 0.393 e. The molecule has 0 aromatic rings. The molecule has 0 fully saturated rings. The van der Waals surface area contributed by atoms with Crippen LogP contribution in [0.2, 0.25) is 0 Å². The monoisotopic (exact) mass is 272 g/mol. The molecule has 0 saturated heterocycles. The molecular formula is C17H36O2. The first-order chi connectivity index (χ1) is 8.75. The van der Waals surface area contributed by atoms with Gasteiger partial charge >= 0.3 is 0 Å². The molecule has 0 aliphatic carbocycles. The van der Waals surface area contributed by atoms with E-state index in [4.69, 9.17) is 0 Å². The summed E-state index contributed by atoms with van der Waals surface area (Å²) in [6.07, 6.45) is 5.96. The average molecular weight is 272 g/mol. The summed E-state index contributed by atoms with van der Waals surface area (Å²) in [5.41, 5.74) is 0.285. The summed E-state index contributed by atoms with van der Waals surface area (Å²) in [4.78, 5) is 0. The van der Waals surface area contributed by atoms with E-state index < -0.39 is 0 Å². The Morgan fingerprint density at radius 3 is 1.26 bits per heavy atom. The van der Waals surface area contributed by atoms with Crippen LogP contribution in [0.1, 0.15) is 80.1 Å². The van der Waals surface area contributed by atoms with Gasteiger partial charge in [0.1, 0.15) is 0 Å². The van der Waals surface area contributed by atoms with Gasteiger partial charge < -0.3 is 10.2 Å². The van der Waals surface area contributed by atoms with Crippen LogP contribution in [0.3, 0.4) is 0 Å². The standard InChI is InChI=1S/C17H36O2/c1-7-15(11-9-13(3)18)17(5,6)16(8-2)12-10-14(4)19/h13-16,18-19H,7-12H2,1-6H3. The summed E-state index contributed by atoms with van der Waals surface area (Å²) in [5, 5.41) is 19.0. The van der Waals surface area contributed by atoms with E-state index in [9.17, 15) is 10.2 Å². The molecule has 4 atom stereocenters. The molecule has 0 saturated carbocycles. The zero-order chi connectivity index (χ0) is 15.1. The molecule has 0 rings (SSSR count). The fraction of sp³-hybridized carbons (Fsp3) is 1.00. The van der Waals surface area contributed by atoms with E-state index in [-0.39, 0.29) is 17.6 Å². The molecule has 4 unspecified atom stereocenters. The van der Waals surface area contributed by atoms with Crippen LogP contribution in [0.25, 0.3) is 0 Å². The van der Waals surface area contributed by atoms with Gasteiger partial charge in [0.05, 0.1) is 12.2 Å². The lowest BCUT2D eigenvalue weighted by molar-refractivity contribution is 0.0659. The van der Waals surface area contributed by atoms with E-state index >= 15 is 0 Å². The summed E-state index contributed by atoms with van der Waals surface area (Å²) in [5.74, 6) is 1.31. The predicted molar refractivity (Wildman–Crippen MR) is 83.2 cm³/mol. The van der Waals surface area contributed by atoms with Crippen molar-refractivity contribution in [3.8, 4) is 0 Å². The normalized spacial score (nSPS) is 18.9. The zero-order valence-corrected chi connectivity index (χ0v) is 13.9. The van der Waals surface area contributed by atoms with E-state index in [1.807, 2.05) is 13.8 Å². The third-order valence-corrected chi connectivity index (χ3v) is 4.96. The maximum atomic E-state index is 9.50. The van der Waals surface area contributed by atoms with Crippen LogP contribution in [0.15, 0.2) is 0 Å². The Labute approximate surface area is 120 Å². The van der Waals surface area contributed by atoms with Crippen LogP contribution in [0.4, 0.5) is 0 Å². The third-order valence-electron chi connectivity index (χ3n) is 4.96. The Hall–Kier alpha value is -0.0800. The molecule has 116 valence electrons. The fourth-order valence-corrected chi connectivity index (χ4v) is 3.42. The maximum absolute atomic E-state index is 9.50. The number of aliphatic hydroxyl groups excluding tert-OH is 2. The molecule has 0 aromatic heterocycles. The summed E-state index contributed by atoms with van der Waals surface area (Å²) < 4.78 is 0. The molecule has 0 spiro atoms. The molecule has 0 aliphatic rings. The molecule has 0 heterocycles. The molecule has 0 aromatic carbocycles. The second kappa shape index (κ2) is 8.97. The summed E-state index contributed by atoms with van der Waals surface area (Å²) >= 11 is 0. The first-order valence-electron chi connectivity index (χ1n) is 8.11. The Morgan fingerprint density at radius 1 is 0.737 bits per heavy atom. The number of hydrogen-bond acceptors (Lipinski definition) is 2. The van der Waals surface area contributed by atoms with Gasteiger partial charge in [-0.1, -0.05) is 40.5 Å². The SMILES string of the molecule is CCC(CCC(C)O)C(C)(C)C(CC)CCC(C)O. The first-order valence-corrected chi connectivity index (χ1v) is 8.11. The van der Waals surface area contributed by atoms with Crippen molar-refractivity contribution in [3.63, 3.8) is 0 Å². The van der Waals surface area contributed by atoms with E-state index in [0.717, 1.165) is 25.7 Å². The number of aliphatic hydroxyl groups is 2. The molecule has 2 nitrogen and oxygen atoms in total. The lowest BCUT2D eigenvalue weighted by Gasteiger charge is -2.41. The highest BCUT2D eigenvalue weighted by atomic mass is 16.3. The van der Waals surface area contributed by atoms with Gasteiger partial charge in [-0.2, -0.15) is 0 Å². The molecule has 0 radical (unpaired) electrons. The molecule has 2 heteroatoms. The van der Waals surface area contributed by atoms with Gasteiger partial charge in [0, 0.05) is 0 Å². The van der Waals surface area contributed by atoms with Crippen molar-refractivity contribution in [1.29, 1.82) is 0 Å². The topological polar surface area (TPSA) is 40.5 Å². The van der Waals surface area contributed by atoms with Gasteiger partial charge in [0.25, 0.3) is 0 Å². The highest BCUT2D eigenvalue weighted by molar-refractivity contribution is 4.84. The van der Waals surface area contributed by atoms with Crippen LogP contribution in [0.5, 0.6) is 0 Å². The van der Waals surface area contributed by atoms with Crippen molar-refractivity contribution in [3.05, 3.63) is 0 Å². The van der Waals surface area contributed by atoms with Crippen LogP contribution in [-0.4, -0.2) is 22.4 Å². The quantitative estimate of drug-likeness (QED) is 0.619. The third kappa shape index (κ3) is 6.76. The van der Waals surface area contributed by atoms with Gasteiger partial charge in [0.15, 0.2) is 0 Å². The fourth-order valence-electron chi connectivity index (χ4n) is 3.42. The minimum atomic E-state index is -0.192. The van der Waals surface area contributed by atoms with Crippen molar-refractivity contribution >= 4 is 0 Å². The second-order valence-corrected chi connectivity index (χ2v) is 6.88. The number of hydrogen-bond donors (Lipinski definition) is 2. The van der Waals surface area contributed by atoms with E-state index in [2.05, 4.69) is 27.7 Å². The van der Waals surface area contributed by atoms with Crippen LogP contribution in [-0.2, 0) is 0 Å². The van der Waals surface area contributed by atoms with Crippen LogP contribution < -0.4 is 0 Å². The highest BCUT2D eigenvalue weighted by Gasteiger charge is 2.34. The Kier molecular flexibility index (Phi) is 8.93. The van der Waals surface area contributed by atoms with E-state index in [1.165, 1.54) is 12.8 Å². The van der Waals surface area contributed by atoms with E-state index in [1.54, 1.807) is 0 Å². The zero-order valence-electron chi connectivity index (χ0n) is 13.9. The number of rotatable bonds is 10. The molecule has 0 aliphatic heterocycles. The van der Waals surface area contributed by atoms with Crippen molar-refractivity contribution in [2.45, 2.75) is 92.3 Å². The molecule has 19 heavy (non-hydrogen) atoms. The lowest BCUT2D eigenvalue weighted by Crippen LogP contribution is -2.33. The minimum Gasteiger partial charge on any atom is -0.393 e. The van der Waals surface area contributed by atoms with Gasteiger partial charge in [-0.05, 0) is 56.8 Å². The predicted octanol–water partition coefficient (Wildman–Crippen LogP) is 4.39. The van der Waals surface area contributed by atoms with Gasteiger partial charge in [0.2, 0.25) is 0 Å². The molecular weight excluding hydrogens is 236 g/mol. The average Bonchev–Trinajstić information content (AvgIpc) is 2.29. The Morgan fingerprint density at radius 2 is 1.05 bits per heavy atom. The van der Waals surface area contributed by atoms with Gasteiger partial charge in [-0.25, -0.2) is 0 Å². The van der Waals surface area contributed by atoms with Crippen molar-refractivity contribution in [2.24, 2.45) is 17.3 Å².